The maximum atomic E-state index is 12.1. The van der Waals surface area contributed by atoms with Crippen LogP contribution in [0, 0.1) is 5.41 Å². The third-order valence-electron chi connectivity index (χ3n) is 3.97. The normalized spacial score (nSPS) is 23.8. The smallest absolute Gasteiger partial charge is 0.354 e. The number of carbonyl (C=O) groups is 2. The van der Waals surface area contributed by atoms with Crippen LogP contribution >= 0.6 is 0 Å². The molecule has 1 amide bonds. The quantitative estimate of drug-likeness (QED) is 0.867. The van der Waals surface area contributed by atoms with Crippen molar-refractivity contribution in [3.8, 4) is 0 Å². The van der Waals surface area contributed by atoms with Crippen LogP contribution in [0.3, 0.4) is 0 Å². The highest BCUT2D eigenvalue weighted by Crippen LogP contribution is 2.42. The standard InChI is InChI=1S/C14H18N2O4/c1-14(2)10(7-11(14)20-3)16-12(17)8-5-4-6-9(15-8)13(18)19/h4-6,10-11H,7H2,1-3H3,(H,16,17)(H,18,19). The SMILES string of the molecule is COC1CC(NC(=O)c2cccc(C(=O)O)n2)C1(C)C. The first kappa shape index (κ1) is 14.5. The number of ether oxygens (including phenoxy) is 1. The molecule has 108 valence electrons. The second-order valence-electron chi connectivity index (χ2n) is 5.52. The fourth-order valence-electron chi connectivity index (χ4n) is 2.44. The van der Waals surface area contributed by atoms with Crippen molar-refractivity contribution in [2.75, 3.05) is 7.11 Å². The van der Waals surface area contributed by atoms with Crippen molar-refractivity contribution in [3.05, 3.63) is 29.6 Å². The van der Waals surface area contributed by atoms with Gasteiger partial charge in [0.15, 0.2) is 0 Å². The highest BCUT2D eigenvalue weighted by atomic mass is 16.5. The Labute approximate surface area is 117 Å². The number of methoxy groups -OCH3 is 1. The fourth-order valence-corrected chi connectivity index (χ4v) is 2.44. The molecule has 1 fully saturated rings. The number of hydrogen-bond acceptors (Lipinski definition) is 4. The molecule has 20 heavy (non-hydrogen) atoms. The molecule has 0 bridgehead atoms. The van der Waals surface area contributed by atoms with Crippen molar-refractivity contribution in [2.45, 2.75) is 32.4 Å². The van der Waals surface area contributed by atoms with Gasteiger partial charge in [0.25, 0.3) is 5.91 Å². The summed E-state index contributed by atoms with van der Waals surface area (Å²) in [5.41, 5.74) is -0.170. The summed E-state index contributed by atoms with van der Waals surface area (Å²) in [5, 5.41) is 11.7. The summed E-state index contributed by atoms with van der Waals surface area (Å²) in [7, 11) is 1.66. The van der Waals surface area contributed by atoms with Gasteiger partial charge in [-0.2, -0.15) is 0 Å². The summed E-state index contributed by atoms with van der Waals surface area (Å²) >= 11 is 0. The van der Waals surface area contributed by atoms with Crippen LogP contribution in [-0.2, 0) is 4.74 Å². The zero-order valence-electron chi connectivity index (χ0n) is 11.7. The maximum Gasteiger partial charge on any atom is 0.354 e. The van der Waals surface area contributed by atoms with E-state index >= 15 is 0 Å². The van der Waals surface area contributed by atoms with Crippen LogP contribution in [0.5, 0.6) is 0 Å². The van der Waals surface area contributed by atoms with Crippen LogP contribution in [0.15, 0.2) is 18.2 Å². The minimum atomic E-state index is -1.15. The van der Waals surface area contributed by atoms with Crippen LogP contribution in [0.1, 0.15) is 41.2 Å². The van der Waals surface area contributed by atoms with Gasteiger partial charge in [0, 0.05) is 18.6 Å². The Morgan fingerprint density at radius 2 is 2.05 bits per heavy atom. The first-order chi connectivity index (χ1) is 9.36. The molecule has 2 atom stereocenters. The van der Waals surface area contributed by atoms with Crippen LogP contribution in [-0.4, -0.2) is 41.2 Å². The van der Waals surface area contributed by atoms with E-state index in [1.165, 1.54) is 18.2 Å². The van der Waals surface area contributed by atoms with Crippen molar-refractivity contribution in [3.63, 3.8) is 0 Å². The monoisotopic (exact) mass is 278 g/mol. The molecule has 0 aromatic carbocycles. The van der Waals surface area contributed by atoms with Crippen LogP contribution in [0.25, 0.3) is 0 Å². The summed E-state index contributed by atoms with van der Waals surface area (Å²) in [6.45, 7) is 4.05. The van der Waals surface area contributed by atoms with Crippen molar-refractivity contribution in [1.82, 2.24) is 10.3 Å². The molecule has 1 aromatic heterocycles. The van der Waals surface area contributed by atoms with Gasteiger partial charge in [-0.05, 0) is 18.6 Å². The highest BCUT2D eigenvalue weighted by Gasteiger charge is 2.49. The van der Waals surface area contributed by atoms with Crippen LogP contribution in [0.4, 0.5) is 0 Å². The van der Waals surface area contributed by atoms with Crippen LogP contribution < -0.4 is 5.32 Å². The van der Waals surface area contributed by atoms with E-state index < -0.39 is 5.97 Å². The van der Waals surface area contributed by atoms with Gasteiger partial charge in [-0.3, -0.25) is 4.79 Å². The molecule has 1 aliphatic rings. The second kappa shape index (κ2) is 5.20. The van der Waals surface area contributed by atoms with E-state index in [0.717, 1.165) is 6.42 Å². The van der Waals surface area contributed by atoms with Gasteiger partial charge in [-0.25, -0.2) is 9.78 Å². The summed E-state index contributed by atoms with van der Waals surface area (Å²) in [5.74, 6) is -1.51. The summed E-state index contributed by atoms with van der Waals surface area (Å²) < 4.78 is 5.32. The van der Waals surface area contributed by atoms with E-state index in [2.05, 4.69) is 10.3 Å². The van der Waals surface area contributed by atoms with E-state index in [4.69, 9.17) is 9.84 Å². The number of nitrogens with one attached hydrogen (secondary N) is 1. The van der Waals surface area contributed by atoms with Crippen molar-refractivity contribution < 1.29 is 19.4 Å². The average Bonchev–Trinajstić information content (AvgIpc) is 2.42. The van der Waals surface area contributed by atoms with Gasteiger partial charge in [-0.1, -0.05) is 19.9 Å². The number of hydrogen-bond donors (Lipinski definition) is 2. The molecular weight excluding hydrogens is 260 g/mol. The number of carboxylic acid groups (broad SMARTS) is 1. The number of carboxylic acids is 1. The molecule has 0 aliphatic heterocycles. The second-order valence-corrected chi connectivity index (χ2v) is 5.52. The lowest BCUT2D eigenvalue weighted by Gasteiger charge is -2.51. The van der Waals surface area contributed by atoms with E-state index in [9.17, 15) is 9.59 Å². The Bertz CT molecular complexity index is 542. The third-order valence-corrected chi connectivity index (χ3v) is 3.97. The number of pyridine rings is 1. The molecular formula is C14H18N2O4. The lowest BCUT2D eigenvalue weighted by molar-refractivity contribution is -0.0942. The Balaban J connectivity index is 2.06. The molecule has 6 nitrogen and oxygen atoms in total. The number of rotatable bonds is 4. The molecule has 2 unspecified atom stereocenters. The third kappa shape index (κ3) is 2.51. The van der Waals surface area contributed by atoms with Gasteiger partial charge < -0.3 is 15.2 Å². The molecule has 0 radical (unpaired) electrons. The van der Waals surface area contributed by atoms with Crippen molar-refractivity contribution in [2.24, 2.45) is 5.41 Å². The molecule has 0 spiro atoms. The van der Waals surface area contributed by atoms with Gasteiger partial charge in [0.1, 0.15) is 11.4 Å². The van der Waals surface area contributed by atoms with Gasteiger partial charge in [-0.15, -0.1) is 0 Å². The number of nitrogens with zero attached hydrogens (tertiary/aromatic N) is 1. The van der Waals surface area contributed by atoms with E-state index in [-0.39, 0.29) is 34.9 Å². The minimum Gasteiger partial charge on any atom is -0.477 e. The van der Waals surface area contributed by atoms with Crippen molar-refractivity contribution >= 4 is 11.9 Å². The Hall–Kier alpha value is -1.95. The predicted molar refractivity (Wildman–Crippen MR) is 71.6 cm³/mol. The number of aromatic carboxylic acids is 1. The molecule has 2 rings (SSSR count). The minimum absolute atomic E-state index is 0.00441. The number of carbonyl (C=O) groups excluding carboxylic acids is 1. The zero-order chi connectivity index (χ0) is 14.9. The Morgan fingerprint density at radius 1 is 1.40 bits per heavy atom. The molecule has 6 heteroatoms. The van der Waals surface area contributed by atoms with Gasteiger partial charge in [0.2, 0.25) is 0 Å². The molecule has 1 aromatic rings. The maximum absolute atomic E-state index is 12.1. The van der Waals surface area contributed by atoms with E-state index in [1.54, 1.807) is 7.11 Å². The fraction of sp³-hybridized carbons (Fsp3) is 0.500. The highest BCUT2D eigenvalue weighted by molar-refractivity contribution is 5.94. The van der Waals surface area contributed by atoms with Crippen molar-refractivity contribution in [1.29, 1.82) is 0 Å². The average molecular weight is 278 g/mol. The first-order valence-corrected chi connectivity index (χ1v) is 6.40. The Kier molecular flexibility index (Phi) is 3.76. The Morgan fingerprint density at radius 3 is 2.60 bits per heavy atom. The molecule has 2 N–H and O–H groups in total. The first-order valence-electron chi connectivity index (χ1n) is 6.40. The van der Waals surface area contributed by atoms with Gasteiger partial charge >= 0.3 is 5.97 Å². The molecule has 1 saturated carbocycles. The summed E-state index contributed by atoms with van der Waals surface area (Å²) in [6.07, 6.45) is 0.861. The molecule has 1 aliphatic carbocycles. The van der Waals surface area contributed by atoms with Gasteiger partial charge in [0.05, 0.1) is 6.10 Å². The van der Waals surface area contributed by atoms with E-state index in [1.807, 2.05) is 13.8 Å². The predicted octanol–water partition coefficient (Wildman–Crippen LogP) is 1.32. The summed E-state index contributed by atoms with van der Waals surface area (Å²) in [6, 6.07) is 4.36. The molecule has 1 heterocycles. The zero-order valence-corrected chi connectivity index (χ0v) is 11.7. The lowest BCUT2D eigenvalue weighted by atomic mass is 9.64. The summed E-state index contributed by atoms with van der Waals surface area (Å²) in [4.78, 5) is 26.8. The van der Waals surface area contributed by atoms with Crippen LogP contribution in [0.2, 0.25) is 0 Å². The topological polar surface area (TPSA) is 88.5 Å². The number of aromatic nitrogens is 1. The molecule has 0 saturated heterocycles. The van der Waals surface area contributed by atoms with E-state index in [0.29, 0.717) is 0 Å². The lowest BCUT2D eigenvalue weighted by Crippen LogP contribution is -2.61. The largest absolute Gasteiger partial charge is 0.477 e. The number of amides is 1.